The van der Waals surface area contributed by atoms with Gasteiger partial charge in [-0.2, -0.15) is 5.10 Å². The molecule has 20 heavy (non-hydrogen) atoms. The number of carbonyl (C=O) groups excluding carboxylic acids is 1. The molecule has 1 aromatic heterocycles. The summed E-state index contributed by atoms with van der Waals surface area (Å²) in [6.07, 6.45) is 2.37. The molecular formula is C15H16N2O3. The Labute approximate surface area is 116 Å². The Morgan fingerprint density at radius 2 is 2.10 bits per heavy atom. The molecule has 1 saturated carbocycles. The summed E-state index contributed by atoms with van der Waals surface area (Å²) in [5.74, 6) is -0.527. The van der Waals surface area contributed by atoms with Gasteiger partial charge in [0.25, 0.3) is 0 Å². The van der Waals surface area contributed by atoms with Crippen molar-refractivity contribution in [3.8, 4) is 11.1 Å². The first kappa shape index (κ1) is 12.9. The highest BCUT2D eigenvalue weighted by atomic mass is 16.5. The minimum atomic E-state index is -0.644. The molecule has 0 saturated heterocycles. The lowest BCUT2D eigenvalue weighted by molar-refractivity contribution is -0.144. The van der Waals surface area contributed by atoms with Gasteiger partial charge in [-0.25, -0.2) is 0 Å². The number of H-pyrrole nitrogens is 1. The number of aromatic nitrogens is 2. The summed E-state index contributed by atoms with van der Waals surface area (Å²) in [7, 11) is 3.00. The maximum Gasteiger partial charge on any atom is 0.312 e. The van der Waals surface area contributed by atoms with Crippen molar-refractivity contribution >= 4 is 5.97 Å². The van der Waals surface area contributed by atoms with E-state index in [1.165, 1.54) is 7.11 Å². The smallest absolute Gasteiger partial charge is 0.312 e. The summed E-state index contributed by atoms with van der Waals surface area (Å²) in [4.78, 5) is 11.8. The van der Waals surface area contributed by atoms with E-state index in [-0.39, 0.29) is 11.9 Å². The molecule has 0 radical (unpaired) electrons. The van der Waals surface area contributed by atoms with Crippen LogP contribution in [0.3, 0.4) is 0 Å². The van der Waals surface area contributed by atoms with Gasteiger partial charge in [0.2, 0.25) is 0 Å². The van der Waals surface area contributed by atoms with Crippen molar-refractivity contribution in [2.45, 2.75) is 12.0 Å². The standard InChI is InChI=1S/C15H16N2O3/c1-19-14(18)12-8-15(12,20-2)13-11(9-16-17-13)10-6-4-3-5-7-10/h3-7,9,12H,8H2,1-2H3,(H,16,17)/t12-,15+/m1/s1. The summed E-state index contributed by atoms with van der Waals surface area (Å²) in [6.45, 7) is 0. The number of rotatable bonds is 4. The second kappa shape index (κ2) is 4.76. The molecule has 0 amide bonds. The first-order chi connectivity index (χ1) is 9.73. The summed E-state index contributed by atoms with van der Waals surface area (Å²) < 4.78 is 10.4. The average molecular weight is 272 g/mol. The second-order valence-corrected chi connectivity index (χ2v) is 4.90. The first-order valence-electron chi connectivity index (χ1n) is 6.45. The van der Waals surface area contributed by atoms with Crippen molar-refractivity contribution < 1.29 is 14.3 Å². The van der Waals surface area contributed by atoms with Crippen LogP contribution in [-0.2, 0) is 19.9 Å². The van der Waals surface area contributed by atoms with Gasteiger partial charge in [0.05, 0.1) is 24.9 Å². The van der Waals surface area contributed by atoms with E-state index in [0.29, 0.717) is 6.42 Å². The molecule has 2 atom stereocenters. The van der Waals surface area contributed by atoms with Gasteiger partial charge in [0, 0.05) is 12.7 Å². The van der Waals surface area contributed by atoms with Gasteiger partial charge in [-0.3, -0.25) is 9.89 Å². The number of esters is 1. The number of ether oxygens (including phenoxy) is 2. The number of benzene rings is 1. The molecule has 3 rings (SSSR count). The fourth-order valence-electron chi connectivity index (χ4n) is 2.71. The van der Waals surface area contributed by atoms with Gasteiger partial charge < -0.3 is 9.47 Å². The zero-order valence-corrected chi connectivity index (χ0v) is 11.4. The van der Waals surface area contributed by atoms with E-state index in [4.69, 9.17) is 9.47 Å². The lowest BCUT2D eigenvalue weighted by Gasteiger charge is -2.15. The Morgan fingerprint density at radius 1 is 1.35 bits per heavy atom. The van der Waals surface area contributed by atoms with Gasteiger partial charge in [-0.05, 0) is 12.0 Å². The van der Waals surface area contributed by atoms with Crippen LogP contribution in [0.25, 0.3) is 11.1 Å². The number of hydrogen-bond acceptors (Lipinski definition) is 4. The lowest BCUT2D eigenvalue weighted by atomic mass is 10.0. The maximum absolute atomic E-state index is 11.8. The van der Waals surface area contributed by atoms with E-state index >= 15 is 0 Å². The molecule has 1 aliphatic carbocycles. The van der Waals surface area contributed by atoms with Crippen LogP contribution in [0.4, 0.5) is 0 Å². The Balaban J connectivity index is 2.00. The third kappa shape index (κ3) is 1.82. The quantitative estimate of drug-likeness (QED) is 0.866. The number of aromatic amines is 1. The fourth-order valence-corrected chi connectivity index (χ4v) is 2.71. The highest BCUT2D eigenvalue weighted by Crippen LogP contribution is 2.56. The largest absolute Gasteiger partial charge is 0.469 e. The van der Waals surface area contributed by atoms with Crippen LogP contribution in [0.5, 0.6) is 0 Å². The molecule has 5 nitrogen and oxygen atoms in total. The molecule has 104 valence electrons. The monoisotopic (exact) mass is 272 g/mol. The summed E-state index contributed by atoms with van der Waals surface area (Å²) in [5, 5.41) is 7.10. The van der Waals surface area contributed by atoms with E-state index in [2.05, 4.69) is 10.2 Å². The predicted molar refractivity (Wildman–Crippen MR) is 72.8 cm³/mol. The number of hydrogen-bond donors (Lipinski definition) is 1. The number of methoxy groups -OCH3 is 2. The zero-order valence-electron chi connectivity index (χ0n) is 11.4. The minimum absolute atomic E-state index is 0.250. The molecular weight excluding hydrogens is 256 g/mol. The average Bonchev–Trinajstić information content (AvgIpc) is 3.05. The number of nitrogens with zero attached hydrogens (tertiary/aromatic N) is 1. The normalized spacial score (nSPS) is 24.4. The van der Waals surface area contributed by atoms with Crippen LogP contribution < -0.4 is 0 Å². The van der Waals surface area contributed by atoms with Gasteiger partial charge >= 0.3 is 5.97 Å². The molecule has 1 fully saturated rings. The molecule has 1 heterocycles. The van der Waals surface area contributed by atoms with Gasteiger partial charge in [-0.15, -0.1) is 0 Å². The van der Waals surface area contributed by atoms with Crippen LogP contribution in [0.1, 0.15) is 12.1 Å². The Hall–Kier alpha value is -2.14. The van der Waals surface area contributed by atoms with Crippen molar-refractivity contribution in [2.75, 3.05) is 14.2 Å². The fraction of sp³-hybridized carbons (Fsp3) is 0.333. The molecule has 0 unspecified atom stereocenters. The van der Waals surface area contributed by atoms with E-state index < -0.39 is 5.60 Å². The van der Waals surface area contributed by atoms with Gasteiger partial charge in [-0.1, -0.05) is 30.3 Å². The highest BCUT2D eigenvalue weighted by molar-refractivity contribution is 5.80. The maximum atomic E-state index is 11.8. The van der Waals surface area contributed by atoms with Crippen molar-refractivity contribution in [3.63, 3.8) is 0 Å². The summed E-state index contributed by atoms with van der Waals surface area (Å²) >= 11 is 0. The van der Waals surface area contributed by atoms with E-state index in [1.807, 2.05) is 30.3 Å². The molecule has 5 heteroatoms. The molecule has 0 aliphatic heterocycles. The topological polar surface area (TPSA) is 64.2 Å². The van der Waals surface area contributed by atoms with Crippen molar-refractivity contribution in [2.24, 2.45) is 5.92 Å². The highest BCUT2D eigenvalue weighted by Gasteiger charge is 2.63. The van der Waals surface area contributed by atoms with Crippen molar-refractivity contribution in [3.05, 3.63) is 42.2 Å². The third-order valence-corrected chi connectivity index (χ3v) is 3.91. The second-order valence-electron chi connectivity index (χ2n) is 4.90. The van der Waals surface area contributed by atoms with E-state index in [9.17, 15) is 4.79 Å². The van der Waals surface area contributed by atoms with Crippen LogP contribution in [0.15, 0.2) is 36.5 Å². The molecule has 1 N–H and O–H groups in total. The van der Waals surface area contributed by atoms with Crippen molar-refractivity contribution in [1.82, 2.24) is 10.2 Å². The molecule has 0 bridgehead atoms. The Morgan fingerprint density at radius 3 is 2.75 bits per heavy atom. The van der Waals surface area contributed by atoms with Crippen molar-refractivity contribution in [1.29, 1.82) is 0 Å². The predicted octanol–water partition coefficient (Wildman–Crippen LogP) is 2.11. The van der Waals surface area contributed by atoms with E-state index in [1.54, 1.807) is 13.3 Å². The first-order valence-corrected chi connectivity index (χ1v) is 6.45. The summed E-state index contributed by atoms with van der Waals surface area (Å²) in [5.41, 5.74) is 2.19. The Bertz CT molecular complexity index is 623. The third-order valence-electron chi connectivity index (χ3n) is 3.91. The van der Waals surface area contributed by atoms with Crippen LogP contribution in [0, 0.1) is 5.92 Å². The van der Waals surface area contributed by atoms with Crippen LogP contribution in [-0.4, -0.2) is 30.4 Å². The molecule has 2 aromatic rings. The molecule has 1 aliphatic rings. The van der Waals surface area contributed by atoms with Gasteiger partial charge in [0.15, 0.2) is 0 Å². The Kier molecular flexibility index (Phi) is 3.06. The SMILES string of the molecule is COC(=O)[C@H]1C[C@@]1(OC)c1[nH]ncc1-c1ccccc1. The van der Waals surface area contributed by atoms with Crippen LogP contribution in [0.2, 0.25) is 0 Å². The van der Waals surface area contributed by atoms with Gasteiger partial charge in [0.1, 0.15) is 5.60 Å². The molecule has 1 aromatic carbocycles. The molecule has 0 spiro atoms. The summed E-state index contributed by atoms with van der Waals surface area (Å²) in [6, 6.07) is 9.91. The van der Waals surface area contributed by atoms with E-state index in [0.717, 1.165) is 16.8 Å². The minimum Gasteiger partial charge on any atom is -0.469 e. The zero-order chi connectivity index (χ0) is 14.2. The lowest BCUT2D eigenvalue weighted by Crippen LogP contribution is -2.19. The van der Waals surface area contributed by atoms with Crippen LogP contribution >= 0.6 is 0 Å². The number of carbonyl (C=O) groups is 1. The number of nitrogens with one attached hydrogen (secondary N) is 1.